The lowest BCUT2D eigenvalue weighted by Gasteiger charge is -2.17. The zero-order chi connectivity index (χ0) is 18.1. The summed E-state index contributed by atoms with van der Waals surface area (Å²) in [6, 6.07) is 15.1. The third-order valence-electron chi connectivity index (χ3n) is 4.89. The van der Waals surface area contributed by atoms with Crippen molar-refractivity contribution in [3.8, 4) is 0 Å². The van der Waals surface area contributed by atoms with Crippen LogP contribution in [0.3, 0.4) is 0 Å². The number of nitrogens with one attached hydrogen (secondary N) is 2. The van der Waals surface area contributed by atoms with Crippen LogP contribution in [0.5, 0.6) is 0 Å². The minimum Gasteiger partial charge on any atom is -0.372 e. The van der Waals surface area contributed by atoms with Crippen LogP contribution in [-0.2, 0) is 0 Å². The van der Waals surface area contributed by atoms with Gasteiger partial charge in [0, 0.05) is 35.6 Å². The smallest absolute Gasteiger partial charge is 0.255 e. The van der Waals surface area contributed by atoms with Crippen LogP contribution in [0.1, 0.15) is 28.8 Å². The van der Waals surface area contributed by atoms with E-state index in [0.29, 0.717) is 22.3 Å². The van der Waals surface area contributed by atoms with Crippen molar-refractivity contribution in [2.45, 2.75) is 19.8 Å². The van der Waals surface area contributed by atoms with Crippen LogP contribution >= 0.6 is 0 Å². The third kappa shape index (κ3) is 3.20. The molecule has 1 aliphatic rings. The maximum absolute atomic E-state index is 12.5. The highest BCUT2D eigenvalue weighted by Crippen LogP contribution is 2.21. The van der Waals surface area contributed by atoms with Crippen LogP contribution in [0.25, 0.3) is 10.9 Å². The fourth-order valence-corrected chi connectivity index (χ4v) is 3.39. The standard InChI is InChI=1S/C21H21N3O2/c1-14-12-16-4-7-17(13-19(16)23-20(14)25)22-21(26)15-5-8-18(9-6-15)24-10-2-3-11-24/h4-9,12-13H,2-3,10-11H2,1H3,(H,22,26)(H,23,25). The second kappa shape index (κ2) is 6.67. The van der Waals surface area contributed by atoms with E-state index < -0.39 is 0 Å². The zero-order valence-corrected chi connectivity index (χ0v) is 14.7. The summed E-state index contributed by atoms with van der Waals surface area (Å²) in [6.07, 6.45) is 2.46. The molecule has 132 valence electrons. The van der Waals surface area contributed by atoms with Gasteiger partial charge in [0.1, 0.15) is 0 Å². The number of aromatic nitrogens is 1. The van der Waals surface area contributed by atoms with E-state index in [1.807, 2.05) is 42.5 Å². The molecule has 4 rings (SSSR count). The van der Waals surface area contributed by atoms with Gasteiger partial charge in [0.25, 0.3) is 11.5 Å². The lowest BCUT2D eigenvalue weighted by Crippen LogP contribution is -2.18. The van der Waals surface area contributed by atoms with Gasteiger partial charge in [0.15, 0.2) is 0 Å². The molecule has 0 radical (unpaired) electrons. The molecule has 0 spiro atoms. The van der Waals surface area contributed by atoms with Crippen molar-refractivity contribution in [2.75, 3.05) is 23.3 Å². The van der Waals surface area contributed by atoms with E-state index in [9.17, 15) is 9.59 Å². The molecule has 2 heterocycles. The molecule has 0 bridgehead atoms. The summed E-state index contributed by atoms with van der Waals surface area (Å²) in [5.74, 6) is -0.160. The summed E-state index contributed by atoms with van der Waals surface area (Å²) in [4.78, 5) is 29.5. The normalized spacial score (nSPS) is 14.0. The summed E-state index contributed by atoms with van der Waals surface area (Å²) in [5.41, 5.74) is 3.71. The number of amides is 1. The van der Waals surface area contributed by atoms with Gasteiger partial charge in [-0.3, -0.25) is 9.59 Å². The molecule has 1 aromatic heterocycles. The van der Waals surface area contributed by atoms with E-state index in [0.717, 1.165) is 24.2 Å². The molecular weight excluding hydrogens is 326 g/mol. The van der Waals surface area contributed by atoms with Crippen LogP contribution in [0.15, 0.2) is 53.3 Å². The molecule has 0 saturated carbocycles. The predicted molar refractivity (Wildman–Crippen MR) is 105 cm³/mol. The number of hydrogen-bond donors (Lipinski definition) is 2. The third-order valence-corrected chi connectivity index (χ3v) is 4.89. The summed E-state index contributed by atoms with van der Waals surface area (Å²) < 4.78 is 0. The number of pyridine rings is 1. The van der Waals surface area contributed by atoms with Crippen molar-refractivity contribution in [3.63, 3.8) is 0 Å². The van der Waals surface area contributed by atoms with Crippen molar-refractivity contribution in [1.29, 1.82) is 0 Å². The first-order valence-corrected chi connectivity index (χ1v) is 8.90. The highest BCUT2D eigenvalue weighted by molar-refractivity contribution is 6.05. The minimum atomic E-state index is -0.160. The molecule has 3 aromatic rings. The van der Waals surface area contributed by atoms with Crippen LogP contribution in [0.2, 0.25) is 0 Å². The number of nitrogens with zero attached hydrogens (tertiary/aromatic N) is 1. The summed E-state index contributed by atoms with van der Waals surface area (Å²) >= 11 is 0. The van der Waals surface area contributed by atoms with Crippen molar-refractivity contribution in [2.24, 2.45) is 0 Å². The Bertz CT molecular complexity index is 1020. The second-order valence-electron chi connectivity index (χ2n) is 6.78. The maximum Gasteiger partial charge on any atom is 0.255 e. The number of aromatic amines is 1. The molecule has 2 N–H and O–H groups in total. The molecule has 1 saturated heterocycles. The Kier molecular flexibility index (Phi) is 4.21. The molecule has 1 amide bonds. The van der Waals surface area contributed by atoms with Crippen molar-refractivity contribution in [1.82, 2.24) is 4.98 Å². The SMILES string of the molecule is Cc1cc2ccc(NC(=O)c3ccc(N4CCCC4)cc3)cc2[nH]c1=O. The lowest BCUT2D eigenvalue weighted by atomic mass is 10.1. The zero-order valence-electron chi connectivity index (χ0n) is 14.7. The molecule has 0 atom stereocenters. The van der Waals surface area contributed by atoms with E-state index in [1.54, 1.807) is 13.0 Å². The number of benzene rings is 2. The Labute approximate surface area is 151 Å². The van der Waals surface area contributed by atoms with E-state index in [2.05, 4.69) is 15.2 Å². The van der Waals surface area contributed by atoms with Gasteiger partial charge in [-0.25, -0.2) is 0 Å². The van der Waals surface area contributed by atoms with Gasteiger partial charge in [0.2, 0.25) is 0 Å². The van der Waals surface area contributed by atoms with Crippen molar-refractivity contribution >= 4 is 28.2 Å². The number of H-pyrrole nitrogens is 1. The Morgan fingerprint density at radius 3 is 2.50 bits per heavy atom. The molecule has 5 nitrogen and oxygen atoms in total. The maximum atomic E-state index is 12.5. The number of anilines is 2. The van der Waals surface area contributed by atoms with E-state index in [4.69, 9.17) is 0 Å². The molecule has 26 heavy (non-hydrogen) atoms. The van der Waals surface area contributed by atoms with Gasteiger partial charge >= 0.3 is 0 Å². The quantitative estimate of drug-likeness (QED) is 0.759. The summed E-state index contributed by atoms with van der Waals surface area (Å²) in [7, 11) is 0. The highest BCUT2D eigenvalue weighted by Gasteiger charge is 2.13. The Hall–Kier alpha value is -3.08. The average Bonchev–Trinajstić information content (AvgIpc) is 3.18. The number of hydrogen-bond acceptors (Lipinski definition) is 3. The number of carbonyl (C=O) groups is 1. The minimum absolute atomic E-state index is 0.113. The number of rotatable bonds is 3. The molecule has 1 fully saturated rings. The van der Waals surface area contributed by atoms with Gasteiger partial charge in [0.05, 0.1) is 5.52 Å². The monoisotopic (exact) mass is 347 g/mol. The lowest BCUT2D eigenvalue weighted by molar-refractivity contribution is 0.102. The summed E-state index contributed by atoms with van der Waals surface area (Å²) in [5, 5.41) is 3.84. The fourth-order valence-electron chi connectivity index (χ4n) is 3.39. The van der Waals surface area contributed by atoms with Gasteiger partial charge in [-0.1, -0.05) is 6.07 Å². The van der Waals surface area contributed by atoms with Crippen LogP contribution < -0.4 is 15.8 Å². The second-order valence-corrected chi connectivity index (χ2v) is 6.78. The van der Waals surface area contributed by atoms with Gasteiger partial charge in [-0.2, -0.15) is 0 Å². The first kappa shape index (κ1) is 16.4. The van der Waals surface area contributed by atoms with Gasteiger partial charge in [-0.15, -0.1) is 0 Å². The van der Waals surface area contributed by atoms with E-state index in [1.165, 1.54) is 12.8 Å². The number of aryl methyl sites for hydroxylation is 1. The Morgan fingerprint density at radius 1 is 1.04 bits per heavy atom. The highest BCUT2D eigenvalue weighted by atomic mass is 16.1. The molecular formula is C21H21N3O2. The van der Waals surface area contributed by atoms with Crippen molar-refractivity contribution in [3.05, 3.63) is 70.0 Å². The Balaban J connectivity index is 1.53. The van der Waals surface area contributed by atoms with E-state index >= 15 is 0 Å². The van der Waals surface area contributed by atoms with Gasteiger partial charge in [-0.05, 0) is 67.6 Å². The molecule has 1 aliphatic heterocycles. The summed E-state index contributed by atoms with van der Waals surface area (Å²) in [6.45, 7) is 3.94. The van der Waals surface area contributed by atoms with Crippen LogP contribution in [-0.4, -0.2) is 24.0 Å². The van der Waals surface area contributed by atoms with Crippen molar-refractivity contribution < 1.29 is 4.79 Å². The fraction of sp³-hybridized carbons (Fsp3) is 0.238. The first-order chi connectivity index (χ1) is 12.6. The number of carbonyl (C=O) groups excluding carboxylic acids is 1. The molecule has 0 aliphatic carbocycles. The topological polar surface area (TPSA) is 65.2 Å². The predicted octanol–water partition coefficient (Wildman–Crippen LogP) is 3.69. The van der Waals surface area contributed by atoms with Crippen LogP contribution in [0, 0.1) is 6.92 Å². The molecule has 5 heteroatoms. The van der Waals surface area contributed by atoms with E-state index in [-0.39, 0.29) is 11.5 Å². The Morgan fingerprint density at radius 2 is 1.77 bits per heavy atom. The first-order valence-electron chi connectivity index (χ1n) is 8.90. The number of fused-ring (bicyclic) bond motifs is 1. The molecule has 2 aromatic carbocycles. The largest absolute Gasteiger partial charge is 0.372 e. The average molecular weight is 347 g/mol. The van der Waals surface area contributed by atoms with Crippen LogP contribution in [0.4, 0.5) is 11.4 Å². The van der Waals surface area contributed by atoms with Gasteiger partial charge < -0.3 is 15.2 Å². The molecule has 0 unspecified atom stereocenters.